The van der Waals surface area contributed by atoms with Crippen LogP contribution in [0.4, 0.5) is 22.0 Å². The number of alkyl halides is 5. The fourth-order valence-corrected chi connectivity index (χ4v) is 2.38. The zero-order valence-corrected chi connectivity index (χ0v) is 10.4. The molecule has 0 heterocycles. The van der Waals surface area contributed by atoms with Crippen LogP contribution in [0.25, 0.3) is 0 Å². The third kappa shape index (κ3) is 2.12. The van der Waals surface area contributed by atoms with E-state index in [1.807, 2.05) is 13.8 Å². The number of nitrogens with two attached hydrogens (primary N) is 1. The number of benzene rings is 1. The first-order valence-electron chi connectivity index (χ1n) is 5.80. The van der Waals surface area contributed by atoms with E-state index >= 15 is 0 Å². The second-order valence-electron chi connectivity index (χ2n) is 5.52. The van der Waals surface area contributed by atoms with Gasteiger partial charge in [-0.25, -0.2) is 0 Å². The maximum absolute atomic E-state index is 13.1. The Hall–Kier alpha value is -1.17. The zero-order chi connectivity index (χ0) is 14.6. The predicted molar refractivity (Wildman–Crippen MR) is 60.9 cm³/mol. The van der Waals surface area contributed by atoms with Gasteiger partial charge < -0.3 is 5.73 Å². The molecule has 0 radical (unpaired) electrons. The van der Waals surface area contributed by atoms with Crippen LogP contribution in [0.3, 0.4) is 0 Å². The van der Waals surface area contributed by atoms with E-state index < -0.39 is 17.7 Å². The van der Waals surface area contributed by atoms with E-state index in [9.17, 15) is 22.0 Å². The van der Waals surface area contributed by atoms with Crippen molar-refractivity contribution < 1.29 is 22.0 Å². The monoisotopic (exact) mass is 279 g/mol. The number of rotatable bonds is 2. The minimum Gasteiger partial charge on any atom is -0.327 e. The van der Waals surface area contributed by atoms with Gasteiger partial charge >= 0.3 is 12.1 Å². The molecule has 6 heteroatoms. The summed E-state index contributed by atoms with van der Waals surface area (Å²) < 4.78 is 62.8. The van der Waals surface area contributed by atoms with Crippen molar-refractivity contribution in [3.05, 3.63) is 35.4 Å². The van der Waals surface area contributed by atoms with Crippen molar-refractivity contribution in [1.82, 2.24) is 0 Å². The molecule has 106 valence electrons. The molecule has 1 saturated carbocycles. The topological polar surface area (TPSA) is 26.0 Å². The average Bonchev–Trinajstić information content (AvgIpc) is 2.77. The van der Waals surface area contributed by atoms with Gasteiger partial charge in [0.25, 0.3) is 0 Å². The summed E-state index contributed by atoms with van der Waals surface area (Å²) in [7, 11) is 0. The Bertz CT molecular complexity index is 475. The predicted octanol–water partition coefficient (Wildman–Crippen LogP) is 3.79. The molecule has 2 N–H and O–H groups in total. The highest BCUT2D eigenvalue weighted by Gasteiger charge is 2.59. The lowest BCUT2D eigenvalue weighted by molar-refractivity contribution is -0.289. The van der Waals surface area contributed by atoms with Gasteiger partial charge in [-0.05, 0) is 11.0 Å². The standard InChI is InChI=1S/C13H14F5N/c1-11(2)9(10(11)19)7-3-5-8(6-4-7)12(14,15)13(16,17)18/h3-6,9-10H,19H2,1-2H3/t9-,10-/m0/s1. The molecule has 2 atom stereocenters. The number of hydrogen-bond acceptors (Lipinski definition) is 1. The van der Waals surface area contributed by atoms with Gasteiger partial charge in [0.15, 0.2) is 0 Å². The van der Waals surface area contributed by atoms with Gasteiger partial charge in [-0.15, -0.1) is 0 Å². The van der Waals surface area contributed by atoms with Crippen LogP contribution in [0, 0.1) is 5.41 Å². The van der Waals surface area contributed by atoms with Crippen LogP contribution in [-0.2, 0) is 5.92 Å². The highest BCUT2D eigenvalue weighted by atomic mass is 19.4. The second kappa shape index (κ2) is 3.91. The van der Waals surface area contributed by atoms with Gasteiger partial charge in [0.05, 0.1) is 0 Å². The molecule has 1 aliphatic carbocycles. The molecule has 0 amide bonds. The molecule has 0 aromatic heterocycles. The smallest absolute Gasteiger partial charge is 0.327 e. The van der Waals surface area contributed by atoms with Crippen molar-refractivity contribution in [1.29, 1.82) is 0 Å². The Kier molecular flexibility index (Phi) is 2.93. The Morgan fingerprint density at radius 1 is 1.00 bits per heavy atom. The van der Waals surface area contributed by atoms with Gasteiger partial charge in [0.2, 0.25) is 0 Å². The van der Waals surface area contributed by atoms with Crippen LogP contribution < -0.4 is 5.73 Å². The average molecular weight is 279 g/mol. The highest BCUT2D eigenvalue weighted by Crippen LogP contribution is 2.57. The van der Waals surface area contributed by atoms with Gasteiger partial charge in [-0.1, -0.05) is 38.1 Å². The van der Waals surface area contributed by atoms with Crippen LogP contribution in [0.1, 0.15) is 30.9 Å². The van der Waals surface area contributed by atoms with Crippen molar-refractivity contribution in [3.8, 4) is 0 Å². The Labute approximate surface area is 107 Å². The maximum Gasteiger partial charge on any atom is 0.458 e. The Morgan fingerprint density at radius 2 is 1.42 bits per heavy atom. The molecular weight excluding hydrogens is 265 g/mol. The van der Waals surface area contributed by atoms with Crippen molar-refractivity contribution in [2.24, 2.45) is 11.1 Å². The first-order chi connectivity index (χ1) is 8.49. The van der Waals surface area contributed by atoms with Crippen molar-refractivity contribution >= 4 is 0 Å². The first-order valence-corrected chi connectivity index (χ1v) is 5.80. The van der Waals surface area contributed by atoms with Gasteiger partial charge in [-0.3, -0.25) is 0 Å². The minimum atomic E-state index is -5.58. The molecule has 2 rings (SSSR count). The Balaban J connectivity index is 2.26. The van der Waals surface area contributed by atoms with Gasteiger partial charge in [-0.2, -0.15) is 22.0 Å². The number of hydrogen-bond donors (Lipinski definition) is 1. The van der Waals surface area contributed by atoms with E-state index in [4.69, 9.17) is 5.73 Å². The largest absolute Gasteiger partial charge is 0.458 e. The summed E-state index contributed by atoms with van der Waals surface area (Å²) in [5.41, 5.74) is 5.34. The zero-order valence-electron chi connectivity index (χ0n) is 10.4. The molecule has 1 aromatic rings. The molecule has 1 aliphatic rings. The van der Waals surface area contributed by atoms with Crippen LogP contribution >= 0.6 is 0 Å². The van der Waals surface area contributed by atoms with E-state index in [2.05, 4.69) is 0 Å². The quantitative estimate of drug-likeness (QED) is 0.819. The molecule has 0 bridgehead atoms. The summed E-state index contributed by atoms with van der Waals surface area (Å²) in [6.07, 6.45) is -5.58. The summed E-state index contributed by atoms with van der Waals surface area (Å²) in [6, 6.07) is 4.15. The lowest BCUT2D eigenvalue weighted by atomic mass is 10.00. The fourth-order valence-electron chi connectivity index (χ4n) is 2.38. The molecule has 1 fully saturated rings. The summed E-state index contributed by atoms with van der Waals surface area (Å²) in [5, 5.41) is 0. The maximum atomic E-state index is 13.1. The van der Waals surface area contributed by atoms with Crippen LogP contribution in [0.15, 0.2) is 24.3 Å². The van der Waals surface area contributed by atoms with E-state index in [1.54, 1.807) is 0 Å². The molecule has 1 nitrogen and oxygen atoms in total. The van der Waals surface area contributed by atoms with Crippen molar-refractivity contribution in [3.63, 3.8) is 0 Å². The van der Waals surface area contributed by atoms with Crippen molar-refractivity contribution in [2.75, 3.05) is 0 Å². The van der Waals surface area contributed by atoms with E-state index in [-0.39, 0.29) is 17.4 Å². The second-order valence-corrected chi connectivity index (χ2v) is 5.52. The van der Waals surface area contributed by atoms with Crippen LogP contribution in [-0.4, -0.2) is 12.2 Å². The highest BCUT2D eigenvalue weighted by molar-refractivity contribution is 5.37. The summed E-state index contributed by atoms with van der Waals surface area (Å²) in [4.78, 5) is 0. The molecular formula is C13H14F5N. The third-order valence-electron chi connectivity index (χ3n) is 3.90. The molecule has 0 saturated heterocycles. The molecule has 0 unspecified atom stereocenters. The van der Waals surface area contributed by atoms with Crippen LogP contribution in [0.5, 0.6) is 0 Å². The third-order valence-corrected chi connectivity index (χ3v) is 3.90. The molecule has 1 aromatic carbocycles. The number of halogens is 5. The van der Waals surface area contributed by atoms with Crippen LogP contribution in [0.2, 0.25) is 0 Å². The fraction of sp³-hybridized carbons (Fsp3) is 0.538. The van der Waals surface area contributed by atoms with Crippen molar-refractivity contribution in [2.45, 2.75) is 37.9 Å². The minimum absolute atomic E-state index is 0.000981. The molecule has 19 heavy (non-hydrogen) atoms. The van der Waals surface area contributed by atoms with Gasteiger partial charge in [0.1, 0.15) is 0 Å². The summed E-state index contributed by atoms with van der Waals surface area (Å²) in [6.45, 7) is 3.86. The molecule has 0 spiro atoms. The lowest BCUT2D eigenvalue weighted by Crippen LogP contribution is -2.33. The van der Waals surface area contributed by atoms with E-state index in [1.165, 1.54) is 12.1 Å². The normalized spacial score (nSPS) is 26.3. The van der Waals surface area contributed by atoms with Gasteiger partial charge in [0, 0.05) is 17.5 Å². The summed E-state index contributed by atoms with van der Waals surface area (Å²) in [5.74, 6) is -4.83. The van der Waals surface area contributed by atoms with E-state index in [0.29, 0.717) is 5.56 Å². The van der Waals surface area contributed by atoms with E-state index in [0.717, 1.165) is 12.1 Å². The first kappa shape index (κ1) is 14.2. The Morgan fingerprint density at radius 3 is 1.74 bits per heavy atom. The molecule has 0 aliphatic heterocycles. The SMILES string of the molecule is CC1(C)[C@@H](N)[C@@H]1c1ccc(C(F)(F)C(F)(F)F)cc1. The summed E-state index contributed by atoms with van der Waals surface area (Å²) >= 11 is 0. The lowest BCUT2D eigenvalue weighted by Gasteiger charge is -2.20.